The zero-order valence-electron chi connectivity index (χ0n) is 12.4. The lowest BCUT2D eigenvalue weighted by atomic mass is 10.2. The Kier molecular flexibility index (Phi) is 4.45. The largest absolute Gasteiger partial charge is 0.378 e. The first-order valence-corrected chi connectivity index (χ1v) is 7.22. The lowest BCUT2D eigenvalue weighted by Crippen LogP contribution is -2.36. The van der Waals surface area contributed by atoms with Gasteiger partial charge < -0.3 is 15.0 Å². The van der Waals surface area contributed by atoms with Crippen LogP contribution in [-0.2, 0) is 4.74 Å². The molecule has 0 unspecified atom stereocenters. The van der Waals surface area contributed by atoms with Crippen molar-refractivity contribution < 1.29 is 9.53 Å². The van der Waals surface area contributed by atoms with Gasteiger partial charge in [0, 0.05) is 18.8 Å². The summed E-state index contributed by atoms with van der Waals surface area (Å²) in [5, 5.41) is 11.6. The molecule has 1 fully saturated rings. The molecule has 116 valence electrons. The van der Waals surface area contributed by atoms with Crippen LogP contribution in [0.5, 0.6) is 0 Å². The van der Waals surface area contributed by atoms with E-state index in [2.05, 4.69) is 20.2 Å². The predicted molar refractivity (Wildman–Crippen MR) is 84.2 cm³/mol. The first-order chi connectivity index (χ1) is 11.3. The number of nitrogens with one attached hydrogen (secondary N) is 1. The van der Waals surface area contributed by atoms with Gasteiger partial charge in [-0.3, -0.25) is 4.79 Å². The van der Waals surface area contributed by atoms with Gasteiger partial charge in [0.05, 0.1) is 37.2 Å². The number of morpholine rings is 1. The number of anilines is 2. The molecule has 0 saturated carbocycles. The Morgan fingerprint density at radius 2 is 2.09 bits per heavy atom. The van der Waals surface area contributed by atoms with Crippen LogP contribution in [-0.4, -0.2) is 42.2 Å². The summed E-state index contributed by atoms with van der Waals surface area (Å²) < 4.78 is 5.29. The summed E-state index contributed by atoms with van der Waals surface area (Å²) in [6.45, 7) is 2.86. The number of carbonyl (C=O) groups is 1. The average molecular weight is 309 g/mol. The summed E-state index contributed by atoms with van der Waals surface area (Å²) in [7, 11) is 0. The average Bonchev–Trinajstić information content (AvgIpc) is 2.63. The molecule has 0 spiro atoms. The molecule has 23 heavy (non-hydrogen) atoms. The van der Waals surface area contributed by atoms with Crippen LogP contribution in [0.3, 0.4) is 0 Å². The third-order valence-corrected chi connectivity index (χ3v) is 3.46. The number of nitriles is 1. The van der Waals surface area contributed by atoms with E-state index in [9.17, 15) is 4.79 Å². The molecule has 0 atom stereocenters. The van der Waals surface area contributed by atoms with E-state index in [0.717, 1.165) is 18.9 Å². The molecule has 2 heterocycles. The van der Waals surface area contributed by atoms with Crippen molar-refractivity contribution in [2.24, 2.45) is 0 Å². The summed E-state index contributed by atoms with van der Waals surface area (Å²) in [6.07, 6.45) is 3.04. The number of carbonyl (C=O) groups excluding carboxylic acids is 1. The summed E-state index contributed by atoms with van der Waals surface area (Å²) in [6, 6.07) is 8.73. The monoisotopic (exact) mass is 309 g/mol. The van der Waals surface area contributed by atoms with Crippen molar-refractivity contribution in [3.8, 4) is 6.07 Å². The van der Waals surface area contributed by atoms with Crippen molar-refractivity contribution in [2.75, 3.05) is 36.5 Å². The van der Waals surface area contributed by atoms with Gasteiger partial charge in [-0.05, 0) is 18.2 Å². The van der Waals surface area contributed by atoms with Gasteiger partial charge in [-0.25, -0.2) is 9.97 Å². The number of aromatic nitrogens is 2. The quantitative estimate of drug-likeness (QED) is 0.922. The molecule has 1 aromatic heterocycles. The van der Waals surface area contributed by atoms with Crippen LogP contribution < -0.4 is 10.2 Å². The molecule has 0 aliphatic carbocycles. The van der Waals surface area contributed by atoms with Crippen molar-refractivity contribution in [1.29, 1.82) is 5.26 Å². The molecule has 1 saturated heterocycles. The highest BCUT2D eigenvalue weighted by atomic mass is 16.5. The highest BCUT2D eigenvalue weighted by Crippen LogP contribution is 2.13. The Bertz CT molecular complexity index is 733. The second-order valence-corrected chi connectivity index (χ2v) is 5.01. The van der Waals surface area contributed by atoms with E-state index < -0.39 is 0 Å². The number of benzene rings is 1. The van der Waals surface area contributed by atoms with Crippen LogP contribution in [0.15, 0.2) is 36.7 Å². The molecule has 1 aromatic carbocycles. The van der Waals surface area contributed by atoms with E-state index in [1.54, 1.807) is 30.5 Å². The molecule has 0 bridgehead atoms. The van der Waals surface area contributed by atoms with Crippen LogP contribution in [0.1, 0.15) is 16.1 Å². The van der Waals surface area contributed by atoms with Crippen LogP contribution in [0.25, 0.3) is 0 Å². The highest BCUT2D eigenvalue weighted by molar-refractivity contribution is 6.02. The number of rotatable bonds is 3. The van der Waals surface area contributed by atoms with E-state index in [0.29, 0.717) is 24.5 Å². The van der Waals surface area contributed by atoms with E-state index in [1.165, 1.54) is 6.20 Å². The number of hydrogen-bond acceptors (Lipinski definition) is 6. The second kappa shape index (κ2) is 6.85. The summed E-state index contributed by atoms with van der Waals surface area (Å²) >= 11 is 0. The standard InChI is InChI=1S/C16H15N5O2/c17-9-12-2-1-3-13(8-12)20-16(22)14-10-19-15(11-18-14)21-4-6-23-7-5-21/h1-3,8,10-11H,4-7H2,(H,20,22). The molecule has 3 rings (SSSR count). The summed E-state index contributed by atoms with van der Waals surface area (Å²) in [5.74, 6) is 0.373. The number of amides is 1. The zero-order chi connectivity index (χ0) is 16.1. The van der Waals surface area contributed by atoms with Crippen molar-refractivity contribution in [3.63, 3.8) is 0 Å². The van der Waals surface area contributed by atoms with Gasteiger partial charge in [-0.15, -0.1) is 0 Å². The fourth-order valence-corrected chi connectivity index (χ4v) is 2.26. The van der Waals surface area contributed by atoms with E-state index in [-0.39, 0.29) is 11.6 Å². The maximum atomic E-state index is 12.2. The number of ether oxygens (including phenoxy) is 1. The lowest BCUT2D eigenvalue weighted by Gasteiger charge is -2.27. The Morgan fingerprint density at radius 1 is 1.26 bits per heavy atom. The smallest absolute Gasteiger partial charge is 0.275 e. The molecule has 1 N–H and O–H groups in total. The molecule has 7 heteroatoms. The van der Waals surface area contributed by atoms with Gasteiger partial charge >= 0.3 is 0 Å². The SMILES string of the molecule is N#Cc1cccc(NC(=O)c2cnc(N3CCOCC3)cn2)c1. The van der Waals surface area contributed by atoms with E-state index >= 15 is 0 Å². The Hall–Kier alpha value is -2.98. The molecule has 1 aliphatic rings. The predicted octanol–water partition coefficient (Wildman–Crippen LogP) is 1.44. The summed E-state index contributed by atoms with van der Waals surface area (Å²) in [5.41, 5.74) is 1.26. The van der Waals surface area contributed by atoms with Crippen LogP contribution in [0, 0.1) is 11.3 Å². The number of nitrogens with zero attached hydrogens (tertiary/aromatic N) is 4. The third-order valence-electron chi connectivity index (χ3n) is 3.46. The first-order valence-electron chi connectivity index (χ1n) is 7.22. The van der Waals surface area contributed by atoms with Crippen molar-refractivity contribution >= 4 is 17.4 Å². The van der Waals surface area contributed by atoms with Gasteiger partial charge in [0.25, 0.3) is 5.91 Å². The Morgan fingerprint density at radius 3 is 2.78 bits per heavy atom. The van der Waals surface area contributed by atoms with Gasteiger partial charge in [-0.2, -0.15) is 5.26 Å². The van der Waals surface area contributed by atoms with E-state index in [1.807, 2.05) is 6.07 Å². The molecule has 1 aliphatic heterocycles. The molecule has 0 radical (unpaired) electrons. The maximum absolute atomic E-state index is 12.2. The molecular weight excluding hydrogens is 294 g/mol. The lowest BCUT2D eigenvalue weighted by molar-refractivity contribution is 0.102. The van der Waals surface area contributed by atoms with Gasteiger partial charge in [0.1, 0.15) is 11.5 Å². The Balaban J connectivity index is 1.68. The van der Waals surface area contributed by atoms with Gasteiger partial charge in [-0.1, -0.05) is 6.07 Å². The van der Waals surface area contributed by atoms with Crippen molar-refractivity contribution in [2.45, 2.75) is 0 Å². The minimum atomic E-state index is -0.360. The van der Waals surface area contributed by atoms with Crippen LogP contribution >= 0.6 is 0 Å². The number of hydrogen-bond donors (Lipinski definition) is 1. The topological polar surface area (TPSA) is 91.1 Å². The van der Waals surface area contributed by atoms with Crippen molar-refractivity contribution in [3.05, 3.63) is 47.9 Å². The first kappa shape index (κ1) is 14.9. The fraction of sp³-hybridized carbons (Fsp3) is 0.250. The molecule has 7 nitrogen and oxygen atoms in total. The fourth-order valence-electron chi connectivity index (χ4n) is 2.26. The van der Waals surface area contributed by atoms with Gasteiger partial charge in [0.2, 0.25) is 0 Å². The molecule has 2 aromatic rings. The van der Waals surface area contributed by atoms with Crippen LogP contribution in [0.2, 0.25) is 0 Å². The minimum Gasteiger partial charge on any atom is -0.378 e. The highest BCUT2D eigenvalue weighted by Gasteiger charge is 2.14. The normalized spacial score (nSPS) is 14.1. The third kappa shape index (κ3) is 3.62. The molecular formula is C16H15N5O2. The second-order valence-electron chi connectivity index (χ2n) is 5.01. The van der Waals surface area contributed by atoms with E-state index in [4.69, 9.17) is 10.00 Å². The van der Waals surface area contributed by atoms with Crippen LogP contribution in [0.4, 0.5) is 11.5 Å². The maximum Gasteiger partial charge on any atom is 0.275 e. The van der Waals surface area contributed by atoms with Crippen molar-refractivity contribution in [1.82, 2.24) is 9.97 Å². The molecule has 1 amide bonds. The minimum absolute atomic E-state index is 0.226. The zero-order valence-corrected chi connectivity index (χ0v) is 12.4. The van der Waals surface area contributed by atoms with Gasteiger partial charge in [0.15, 0.2) is 0 Å². The Labute approximate surface area is 133 Å². The summed E-state index contributed by atoms with van der Waals surface area (Å²) in [4.78, 5) is 22.7.